The van der Waals surface area contributed by atoms with Crippen LogP contribution in [0, 0.1) is 5.92 Å². The highest BCUT2D eigenvalue weighted by atomic mass is 16.3. The normalized spacial score (nSPS) is 23.6. The Morgan fingerprint density at radius 1 is 1.50 bits per heavy atom. The van der Waals surface area contributed by atoms with Crippen molar-refractivity contribution in [1.82, 2.24) is 4.90 Å². The number of aliphatic hydroxyl groups excluding tert-OH is 1. The van der Waals surface area contributed by atoms with E-state index in [1.54, 1.807) is 0 Å². The fourth-order valence-corrected chi connectivity index (χ4v) is 2.80. The average Bonchev–Trinajstić information content (AvgIpc) is 2.36. The molecule has 0 aromatic carbocycles. The first-order valence-electron chi connectivity index (χ1n) is 7.10. The van der Waals surface area contributed by atoms with Gasteiger partial charge in [-0.1, -0.05) is 19.4 Å². The zero-order valence-electron chi connectivity index (χ0n) is 12.0. The number of rotatable bonds is 5. The van der Waals surface area contributed by atoms with Gasteiger partial charge in [0.2, 0.25) is 5.91 Å². The fourth-order valence-electron chi connectivity index (χ4n) is 2.80. The number of nitrogens with zero attached hydrogens (tertiary/aromatic N) is 1. The second kappa shape index (κ2) is 6.93. The number of carbonyl (C=O) groups excluding carboxylic acids is 1. The molecule has 0 spiro atoms. The summed E-state index contributed by atoms with van der Waals surface area (Å²) in [5, 5.41) is 10.1. The van der Waals surface area contributed by atoms with Gasteiger partial charge in [0.15, 0.2) is 0 Å². The SMILES string of the molecule is C=C(C)CC(C)C(=O)N1CCCCC1C(O)CC. The van der Waals surface area contributed by atoms with Crippen LogP contribution in [0.25, 0.3) is 0 Å². The van der Waals surface area contributed by atoms with Crippen LogP contribution in [0.15, 0.2) is 12.2 Å². The standard InChI is InChI=1S/C15H27NO2/c1-5-14(17)13-8-6-7-9-16(13)15(18)12(4)10-11(2)3/h12-14,17H,2,5-10H2,1,3-4H3. The Bertz CT molecular complexity index is 301. The maximum Gasteiger partial charge on any atom is 0.226 e. The van der Waals surface area contributed by atoms with Gasteiger partial charge in [-0.3, -0.25) is 4.79 Å². The summed E-state index contributed by atoms with van der Waals surface area (Å²) in [6.45, 7) is 10.6. The molecule has 3 atom stereocenters. The summed E-state index contributed by atoms with van der Waals surface area (Å²) < 4.78 is 0. The molecule has 3 unspecified atom stereocenters. The van der Waals surface area contributed by atoms with E-state index in [0.29, 0.717) is 6.42 Å². The Morgan fingerprint density at radius 3 is 2.72 bits per heavy atom. The van der Waals surface area contributed by atoms with Gasteiger partial charge < -0.3 is 10.0 Å². The highest BCUT2D eigenvalue weighted by Crippen LogP contribution is 2.24. The lowest BCUT2D eigenvalue weighted by molar-refractivity contribution is -0.142. The Morgan fingerprint density at radius 2 is 2.17 bits per heavy atom. The van der Waals surface area contributed by atoms with Crippen molar-refractivity contribution in [2.75, 3.05) is 6.54 Å². The van der Waals surface area contributed by atoms with Gasteiger partial charge in [-0.15, -0.1) is 6.58 Å². The van der Waals surface area contributed by atoms with Gasteiger partial charge in [-0.25, -0.2) is 0 Å². The van der Waals surface area contributed by atoms with Gasteiger partial charge >= 0.3 is 0 Å². The Kier molecular flexibility index (Phi) is 5.86. The van der Waals surface area contributed by atoms with E-state index in [9.17, 15) is 9.90 Å². The number of amides is 1. The van der Waals surface area contributed by atoms with Crippen molar-refractivity contribution < 1.29 is 9.90 Å². The van der Waals surface area contributed by atoms with E-state index in [4.69, 9.17) is 0 Å². The quantitative estimate of drug-likeness (QED) is 0.765. The highest BCUT2D eigenvalue weighted by molar-refractivity contribution is 5.79. The van der Waals surface area contributed by atoms with Gasteiger partial charge in [0.1, 0.15) is 0 Å². The molecule has 0 aromatic rings. The molecule has 0 aliphatic carbocycles. The molecule has 1 rings (SSSR count). The molecule has 1 heterocycles. The third-order valence-electron chi connectivity index (χ3n) is 3.77. The number of hydrogen-bond acceptors (Lipinski definition) is 2. The van der Waals surface area contributed by atoms with Gasteiger partial charge in [0, 0.05) is 12.5 Å². The smallest absolute Gasteiger partial charge is 0.226 e. The summed E-state index contributed by atoms with van der Waals surface area (Å²) in [7, 11) is 0. The number of likely N-dealkylation sites (tertiary alicyclic amines) is 1. The van der Waals surface area contributed by atoms with Crippen molar-refractivity contribution >= 4 is 5.91 Å². The number of allylic oxidation sites excluding steroid dienone is 1. The number of piperidine rings is 1. The van der Waals surface area contributed by atoms with Crippen LogP contribution >= 0.6 is 0 Å². The molecule has 0 saturated carbocycles. The molecule has 3 heteroatoms. The topological polar surface area (TPSA) is 40.5 Å². The second-order valence-corrected chi connectivity index (χ2v) is 5.63. The summed E-state index contributed by atoms with van der Waals surface area (Å²) in [5.74, 6) is 0.155. The molecule has 0 bridgehead atoms. The minimum absolute atomic E-state index is 0.0174. The van der Waals surface area contributed by atoms with Crippen LogP contribution in [-0.4, -0.2) is 34.6 Å². The van der Waals surface area contributed by atoms with E-state index in [1.807, 2.05) is 25.7 Å². The average molecular weight is 253 g/mol. The van der Waals surface area contributed by atoms with Crippen LogP contribution in [0.1, 0.15) is 52.9 Å². The van der Waals surface area contributed by atoms with Crippen LogP contribution in [-0.2, 0) is 4.79 Å². The molecule has 1 aliphatic rings. The molecule has 1 N–H and O–H groups in total. The number of carbonyl (C=O) groups is 1. The molecular formula is C15H27NO2. The fraction of sp³-hybridized carbons (Fsp3) is 0.800. The predicted octanol–water partition coefficient (Wildman–Crippen LogP) is 2.74. The lowest BCUT2D eigenvalue weighted by Crippen LogP contribution is -2.51. The minimum Gasteiger partial charge on any atom is -0.391 e. The Balaban J connectivity index is 2.70. The van der Waals surface area contributed by atoms with Crippen LogP contribution in [0.3, 0.4) is 0 Å². The second-order valence-electron chi connectivity index (χ2n) is 5.63. The predicted molar refractivity (Wildman–Crippen MR) is 74.2 cm³/mol. The lowest BCUT2D eigenvalue weighted by atomic mass is 9.93. The summed E-state index contributed by atoms with van der Waals surface area (Å²) in [4.78, 5) is 14.3. The van der Waals surface area contributed by atoms with Gasteiger partial charge in [-0.2, -0.15) is 0 Å². The maximum absolute atomic E-state index is 12.4. The third-order valence-corrected chi connectivity index (χ3v) is 3.77. The Labute approximate surface area is 111 Å². The summed E-state index contributed by atoms with van der Waals surface area (Å²) >= 11 is 0. The first kappa shape index (κ1) is 15.2. The minimum atomic E-state index is -0.383. The molecular weight excluding hydrogens is 226 g/mol. The molecule has 0 radical (unpaired) electrons. The van der Waals surface area contributed by atoms with Crippen molar-refractivity contribution in [3.8, 4) is 0 Å². The molecule has 3 nitrogen and oxygen atoms in total. The van der Waals surface area contributed by atoms with E-state index in [0.717, 1.165) is 37.8 Å². The zero-order chi connectivity index (χ0) is 13.7. The van der Waals surface area contributed by atoms with E-state index in [1.165, 1.54) is 0 Å². The van der Waals surface area contributed by atoms with E-state index in [2.05, 4.69) is 6.58 Å². The van der Waals surface area contributed by atoms with Crippen molar-refractivity contribution in [2.24, 2.45) is 5.92 Å². The molecule has 1 amide bonds. The van der Waals surface area contributed by atoms with E-state index < -0.39 is 0 Å². The summed E-state index contributed by atoms with van der Waals surface area (Å²) in [5.41, 5.74) is 1.04. The van der Waals surface area contributed by atoms with Crippen molar-refractivity contribution in [1.29, 1.82) is 0 Å². The van der Waals surface area contributed by atoms with Crippen LogP contribution in [0.2, 0.25) is 0 Å². The first-order chi connectivity index (χ1) is 8.47. The largest absolute Gasteiger partial charge is 0.391 e. The van der Waals surface area contributed by atoms with Crippen LogP contribution in [0.4, 0.5) is 0 Å². The molecule has 0 aromatic heterocycles. The molecule has 1 saturated heterocycles. The third kappa shape index (κ3) is 3.84. The summed E-state index contributed by atoms with van der Waals surface area (Å²) in [6, 6.07) is 0.0174. The lowest BCUT2D eigenvalue weighted by Gasteiger charge is -2.39. The van der Waals surface area contributed by atoms with Gasteiger partial charge in [-0.05, 0) is 39.0 Å². The van der Waals surface area contributed by atoms with Crippen molar-refractivity contribution in [3.63, 3.8) is 0 Å². The van der Waals surface area contributed by atoms with Crippen LogP contribution < -0.4 is 0 Å². The number of aliphatic hydroxyl groups is 1. The molecule has 1 fully saturated rings. The number of hydrogen-bond donors (Lipinski definition) is 1. The first-order valence-corrected chi connectivity index (χ1v) is 7.10. The molecule has 104 valence electrons. The molecule has 18 heavy (non-hydrogen) atoms. The van der Waals surface area contributed by atoms with Crippen molar-refractivity contribution in [2.45, 2.75) is 65.0 Å². The van der Waals surface area contributed by atoms with E-state index in [-0.39, 0.29) is 24.0 Å². The van der Waals surface area contributed by atoms with Gasteiger partial charge in [0.25, 0.3) is 0 Å². The van der Waals surface area contributed by atoms with Crippen LogP contribution in [0.5, 0.6) is 0 Å². The molecule has 1 aliphatic heterocycles. The van der Waals surface area contributed by atoms with Gasteiger partial charge in [0.05, 0.1) is 12.1 Å². The van der Waals surface area contributed by atoms with Crippen molar-refractivity contribution in [3.05, 3.63) is 12.2 Å². The zero-order valence-corrected chi connectivity index (χ0v) is 12.0. The Hall–Kier alpha value is -0.830. The highest BCUT2D eigenvalue weighted by Gasteiger charge is 2.32. The summed E-state index contributed by atoms with van der Waals surface area (Å²) in [6.07, 6.45) is 4.17. The van der Waals surface area contributed by atoms with E-state index >= 15 is 0 Å². The maximum atomic E-state index is 12.4. The monoisotopic (exact) mass is 253 g/mol.